The fourth-order valence-corrected chi connectivity index (χ4v) is 3.72. The van der Waals surface area contributed by atoms with Gasteiger partial charge in [0.2, 0.25) is 0 Å². The monoisotopic (exact) mass is 318 g/mol. The summed E-state index contributed by atoms with van der Waals surface area (Å²) in [4.78, 5) is 2.47. The molecule has 1 aromatic rings. The number of nitrogens with zero attached hydrogens (tertiary/aromatic N) is 1. The Morgan fingerprint density at radius 3 is 2.70 bits per heavy atom. The summed E-state index contributed by atoms with van der Waals surface area (Å²) in [6.07, 6.45) is 3.07. The molecule has 2 saturated heterocycles. The maximum atomic E-state index is 5.87. The SMILES string of the molecule is C[C@@H]1CN(c2ccccc2CNC[C@@H]2CCCOC2)C[C@@H](C)O1. The molecular formula is C19H30N2O2. The first-order valence-corrected chi connectivity index (χ1v) is 8.99. The number of para-hydroxylation sites is 1. The van der Waals surface area contributed by atoms with Crippen LogP contribution < -0.4 is 10.2 Å². The molecule has 23 heavy (non-hydrogen) atoms. The number of nitrogens with one attached hydrogen (secondary N) is 1. The third kappa shape index (κ3) is 4.69. The zero-order valence-corrected chi connectivity index (χ0v) is 14.5. The second-order valence-corrected chi connectivity index (χ2v) is 7.01. The molecule has 3 atom stereocenters. The van der Waals surface area contributed by atoms with Gasteiger partial charge in [0, 0.05) is 38.5 Å². The zero-order valence-electron chi connectivity index (χ0n) is 14.5. The zero-order chi connectivity index (χ0) is 16.1. The van der Waals surface area contributed by atoms with Crippen LogP contribution in [0, 0.1) is 5.92 Å². The highest BCUT2D eigenvalue weighted by molar-refractivity contribution is 5.54. The second kappa shape index (κ2) is 8.13. The molecule has 0 unspecified atom stereocenters. The number of morpholine rings is 1. The molecular weight excluding hydrogens is 288 g/mol. The molecule has 0 amide bonds. The van der Waals surface area contributed by atoms with Crippen molar-refractivity contribution in [3.63, 3.8) is 0 Å². The Hall–Kier alpha value is -1.10. The summed E-state index contributed by atoms with van der Waals surface area (Å²) < 4.78 is 11.4. The van der Waals surface area contributed by atoms with E-state index in [0.29, 0.717) is 18.1 Å². The van der Waals surface area contributed by atoms with Crippen molar-refractivity contribution in [3.05, 3.63) is 29.8 Å². The highest BCUT2D eigenvalue weighted by Crippen LogP contribution is 2.24. The number of anilines is 1. The van der Waals surface area contributed by atoms with Crippen LogP contribution in [0.2, 0.25) is 0 Å². The van der Waals surface area contributed by atoms with Crippen LogP contribution in [0.25, 0.3) is 0 Å². The Kier molecular flexibility index (Phi) is 5.92. The molecule has 3 rings (SSSR count). The van der Waals surface area contributed by atoms with Gasteiger partial charge in [0.1, 0.15) is 0 Å². The van der Waals surface area contributed by atoms with Gasteiger partial charge in [-0.2, -0.15) is 0 Å². The van der Waals surface area contributed by atoms with Crippen LogP contribution in [-0.4, -0.2) is 45.1 Å². The van der Waals surface area contributed by atoms with Crippen LogP contribution in [0.15, 0.2) is 24.3 Å². The van der Waals surface area contributed by atoms with Crippen LogP contribution in [0.3, 0.4) is 0 Å². The van der Waals surface area contributed by atoms with E-state index in [4.69, 9.17) is 9.47 Å². The molecule has 0 aliphatic carbocycles. The fraction of sp³-hybridized carbons (Fsp3) is 0.684. The fourth-order valence-electron chi connectivity index (χ4n) is 3.72. The Labute approximate surface area is 140 Å². The molecule has 2 heterocycles. The second-order valence-electron chi connectivity index (χ2n) is 7.01. The smallest absolute Gasteiger partial charge is 0.0726 e. The van der Waals surface area contributed by atoms with Gasteiger partial charge in [-0.3, -0.25) is 0 Å². The van der Waals surface area contributed by atoms with Crippen molar-refractivity contribution in [1.82, 2.24) is 5.32 Å². The first kappa shape index (κ1) is 16.7. The average molecular weight is 318 g/mol. The van der Waals surface area contributed by atoms with Gasteiger partial charge in [-0.15, -0.1) is 0 Å². The molecule has 2 aliphatic heterocycles. The van der Waals surface area contributed by atoms with Gasteiger partial charge in [-0.25, -0.2) is 0 Å². The van der Waals surface area contributed by atoms with E-state index in [1.54, 1.807) is 0 Å². The summed E-state index contributed by atoms with van der Waals surface area (Å²) in [7, 11) is 0. The molecule has 1 N–H and O–H groups in total. The van der Waals surface area contributed by atoms with Crippen molar-refractivity contribution >= 4 is 5.69 Å². The van der Waals surface area contributed by atoms with Crippen molar-refractivity contribution in [2.24, 2.45) is 5.92 Å². The lowest BCUT2D eigenvalue weighted by Crippen LogP contribution is -2.46. The molecule has 2 aliphatic rings. The summed E-state index contributed by atoms with van der Waals surface area (Å²) in [6.45, 7) is 10.1. The van der Waals surface area contributed by atoms with Crippen molar-refractivity contribution in [2.45, 2.75) is 45.4 Å². The summed E-state index contributed by atoms with van der Waals surface area (Å²) in [6, 6.07) is 8.76. The number of ether oxygens (including phenoxy) is 2. The van der Waals surface area contributed by atoms with Crippen LogP contribution in [0.4, 0.5) is 5.69 Å². The van der Waals surface area contributed by atoms with Gasteiger partial charge >= 0.3 is 0 Å². The topological polar surface area (TPSA) is 33.7 Å². The minimum absolute atomic E-state index is 0.291. The minimum atomic E-state index is 0.291. The van der Waals surface area contributed by atoms with E-state index < -0.39 is 0 Å². The molecule has 1 aromatic carbocycles. The normalized spacial score (nSPS) is 28.8. The minimum Gasteiger partial charge on any atom is -0.381 e. The van der Waals surface area contributed by atoms with Crippen LogP contribution >= 0.6 is 0 Å². The first-order valence-electron chi connectivity index (χ1n) is 8.99. The van der Waals surface area contributed by atoms with Gasteiger partial charge in [0.05, 0.1) is 18.8 Å². The van der Waals surface area contributed by atoms with E-state index in [1.807, 2.05) is 0 Å². The summed E-state index contributed by atoms with van der Waals surface area (Å²) >= 11 is 0. The van der Waals surface area contributed by atoms with Gasteiger partial charge in [0.25, 0.3) is 0 Å². The Bertz CT molecular complexity index is 478. The average Bonchev–Trinajstić information content (AvgIpc) is 2.55. The highest BCUT2D eigenvalue weighted by atomic mass is 16.5. The van der Waals surface area contributed by atoms with Crippen molar-refractivity contribution in [2.75, 3.05) is 37.7 Å². The summed E-state index contributed by atoms with van der Waals surface area (Å²) in [5.74, 6) is 0.666. The van der Waals surface area contributed by atoms with Crippen molar-refractivity contribution in [1.29, 1.82) is 0 Å². The Balaban J connectivity index is 1.58. The van der Waals surface area contributed by atoms with Crippen LogP contribution in [0.1, 0.15) is 32.3 Å². The number of benzene rings is 1. The van der Waals surface area contributed by atoms with E-state index in [1.165, 1.54) is 24.1 Å². The molecule has 4 nitrogen and oxygen atoms in total. The van der Waals surface area contributed by atoms with Gasteiger partial charge < -0.3 is 19.7 Å². The Morgan fingerprint density at radius 2 is 1.96 bits per heavy atom. The Morgan fingerprint density at radius 1 is 1.17 bits per heavy atom. The van der Waals surface area contributed by atoms with E-state index in [0.717, 1.165) is 39.4 Å². The molecule has 2 fully saturated rings. The van der Waals surface area contributed by atoms with Crippen LogP contribution in [0.5, 0.6) is 0 Å². The van der Waals surface area contributed by atoms with Gasteiger partial charge in [0.15, 0.2) is 0 Å². The predicted octanol–water partition coefficient (Wildman–Crippen LogP) is 2.82. The number of hydrogen-bond acceptors (Lipinski definition) is 4. The molecule has 0 radical (unpaired) electrons. The lowest BCUT2D eigenvalue weighted by atomic mass is 10.0. The van der Waals surface area contributed by atoms with Gasteiger partial charge in [-0.1, -0.05) is 18.2 Å². The maximum absolute atomic E-state index is 5.87. The molecule has 0 aromatic heterocycles. The van der Waals surface area contributed by atoms with E-state index in [9.17, 15) is 0 Å². The lowest BCUT2D eigenvalue weighted by Gasteiger charge is -2.38. The van der Waals surface area contributed by atoms with E-state index in [2.05, 4.69) is 48.3 Å². The largest absolute Gasteiger partial charge is 0.381 e. The van der Waals surface area contributed by atoms with Crippen molar-refractivity contribution in [3.8, 4) is 0 Å². The summed E-state index contributed by atoms with van der Waals surface area (Å²) in [5, 5.41) is 3.64. The number of rotatable bonds is 5. The predicted molar refractivity (Wildman–Crippen MR) is 93.9 cm³/mol. The van der Waals surface area contributed by atoms with Crippen LogP contribution in [-0.2, 0) is 16.0 Å². The van der Waals surface area contributed by atoms with Gasteiger partial charge in [-0.05, 0) is 44.2 Å². The third-order valence-corrected chi connectivity index (χ3v) is 4.75. The first-order chi connectivity index (χ1) is 11.2. The molecule has 0 bridgehead atoms. The van der Waals surface area contributed by atoms with Crippen molar-refractivity contribution < 1.29 is 9.47 Å². The quantitative estimate of drug-likeness (QED) is 0.905. The third-order valence-electron chi connectivity index (χ3n) is 4.75. The molecule has 0 saturated carbocycles. The highest BCUT2D eigenvalue weighted by Gasteiger charge is 2.23. The lowest BCUT2D eigenvalue weighted by molar-refractivity contribution is -0.00526. The molecule has 128 valence electrons. The molecule has 0 spiro atoms. The summed E-state index contributed by atoms with van der Waals surface area (Å²) in [5.41, 5.74) is 2.73. The number of hydrogen-bond donors (Lipinski definition) is 1. The van der Waals surface area contributed by atoms with E-state index >= 15 is 0 Å². The molecule has 4 heteroatoms. The standard InChI is InChI=1S/C19H30N2O2/c1-15-12-21(13-16(2)23-15)19-8-4-3-7-18(19)11-20-10-17-6-5-9-22-14-17/h3-4,7-8,15-17,20H,5-6,9-14H2,1-2H3/t15-,16-,17+/m1/s1. The maximum Gasteiger partial charge on any atom is 0.0726 e. The van der Waals surface area contributed by atoms with E-state index in [-0.39, 0.29) is 0 Å².